The number of aromatic nitrogens is 3. The van der Waals surface area contributed by atoms with Crippen molar-refractivity contribution in [2.45, 2.75) is 89.2 Å². The second-order valence-electron chi connectivity index (χ2n) is 12.5. The summed E-state index contributed by atoms with van der Waals surface area (Å²) < 4.78 is 50.4. The number of carbonyl (C=O) groups excluding carboxylic acids is 1. The van der Waals surface area contributed by atoms with Gasteiger partial charge in [-0.2, -0.15) is 0 Å². The number of carbonyl (C=O) groups is 1. The minimum Gasteiger partial charge on any atom is -0.456 e. The predicted molar refractivity (Wildman–Crippen MR) is 147 cm³/mol. The molecule has 3 aliphatic heterocycles. The number of nitrogen functional groups attached to an aromatic ring is 1. The van der Waals surface area contributed by atoms with Crippen LogP contribution in [0, 0.1) is 11.8 Å². The fraction of sp³-hybridized carbons (Fsp3) is 0.750. The van der Waals surface area contributed by atoms with Crippen LogP contribution in [-0.2, 0) is 19.0 Å². The normalized spacial score (nSPS) is 29.2. The Balaban J connectivity index is 1.53. The second kappa shape index (κ2) is 11.3. The molecule has 5 atom stereocenters. The Kier molecular flexibility index (Phi) is 8.29. The zero-order valence-electron chi connectivity index (χ0n) is 24.4. The summed E-state index contributed by atoms with van der Waals surface area (Å²) in [6, 6.07) is 1.75. The molecule has 0 saturated carbocycles. The Morgan fingerprint density at radius 1 is 1.22 bits per heavy atom. The molecular formula is C28H42F2N6O5. The molecule has 3 saturated heterocycles. The number of aliphatic hydroxyl groups is 1. The lowest BCUT2D eigenvalue weighted by molar-refractivity contribution is -0.202. The molecule has 0 amide bonds. The fourth-order valence-corrected chi connectivity index (χ4v) is 6.25. The van der Waals surface area contributed by atoms with Crippen molar-refractivity contribution in [2.75, 3.05) is 39.0 Å². The van der Waals surface area contributed by atoms with Gasteiger partial charge in [-0.15, -0.1) is 0 Å². The van der Waals surface area contributed by atoms with E-state index in [-0.39, 0.29) is 24.7 Å². The third-order valence-corrected chi connectivity index (χ3v) is 8.69. The molecule has 3 N–H and O–H groups in total. The van der Waals surface area contributed by atoms with Crippen LogP contribution in [0.4, 0.5) is 14.6 Å². The summed E-state index contributed by atoms with van der Waals surface area (Å²) in [7, 11) is 2.00. The van der Waals surface area contributed by atoms with Gasteiger partial charge in [0.25, 0.3) is 5.92 Å². The minimum absolute atomic E-state index is 0.111. The molecule has 0 bridgehead atoms. The quantitative estimate of drug-likeness (QED) is 0.355. The molecule has 1 spiro atoms. The van der Waals surface area contributed by atoms with Gasteiger partial charge in [0.05, 0.1) is 17.8 Å². The molecule has 5 rings (SSSR count). The van der Waals surface area contributed by atoms with E-state index in [0.29, 0.717) is 23.9 Å². The first kappa shape index (κ1) is 30.0. The Labute approximate surface area is 238 Å². The topological polar surface area (TPSA) is 128 Å². The van der Waals surface area contributed by atoms with Crippen LogP contribution in [0.5, 0.6) is 0 Å². The summed E-state index contributed by atoms with van der Waals surface area (Å²) >= 11 is 0. The Morgan fingerprint density at radius 2 is 1.93 bits per heavy atom. The number of hydrogen-bond acceptors (Lipinski definition) is 10. The molecule has 41 heavy (non-hydrogen) atoms. The van der Waals surface area contributed by atoms with Gasteiger partial charge in [0.1, 0.15) is 30.0 Å². The number of hydrogen-bond donors (Lipinski definition) is 2. The molecule has 5 heterocycles. The highest BCUT2D eigenvalue weighted by atomic mass is 19.3. The smallest absolute Gasteiger partial charge is 0.308 e. The summed E-state index contributed by atoms with van der Waals surface area (Å²) in [5.41, 5.74) is 5.87. The molecule has 13 heteroatoms. The van der Waals surface area contributed by atoms with Crippen LogP contribution in [0.1, 0.15) is 53.2 Å². The standard InChI is InChI=1S/C28H42F2N6O5/c1-16(2)25(37)40-20-19(12-35-14-28(29,30)13-27(35)7-10-34(5)11-8-27)39-24(21(20)41-26(38)17(3)4)36-9-6-18-22(31)32-15-33-23(18)36/h6,9,15-17,19-21,24,26,38H,7-8,10-14H2,1-5H3,(H2,31,32,33)/t19-,20-,21-,24-,26?/m1/s1. The number of nitrogens with zero attached hydrogens (tertiary/aromatic N) is 5. The summed E-state index contributed by atoms with van der Waals surface area (Å²) in [5, 5.41) is 11.4. The number of likely N-dealkylation sites (tertiary alicyclic amines) is 2. The Morgan fingerprint density at radius 3 is 2.59 bits per heavy atom. The molecule has 1 unspecified atom stereocenters. The monoisotopic (exact) mass is 580 g/mol. The van der Waals surface area contributed by atoms with E-state index in [1.807, 2.05) is 11.9 Å². The van der Waals surface area contributed by atoms with Gasteiger partial charge in [0, 0.05) is 30.6 Å². The molecule has 0 radical (unpaired) electrons. The summed E-state index contributed by atoms with van der Waals surface area (Å²) in [4.78, 5) is 25.4. The number of alkyl halides is 2. The van der Waals surface area contributed by atoms with Gasteiger partial charge >= 0.3 is 5.97 Å². The number of esters is 1. The first-order valence-corrected chi connectivity index (χ1v) is 14.4. The first-order chi connectivity index (χ1) is 19.3. The van der Waals surface area contributed by atoms with Crippen molar-refractivity contribution in [1.82, 2.24) is 24.3 Å². The summed E-state index contributed by atoms with van der Waals surface area (Å²) in [6.07, 6.45) is -0.757. The minimum atomic E-state index is -2.84. The first-order valence-electron chi connectivity index (χ1n) is 14.4. The lowest BCUT2D eigenvalue weighted by Crippen LogP contribution is -2.54. The summed E-state index contributed by atoms with van der Waals surface area (Å²) in [6.45, 7) is 8.19. The molecule has 228 valence electrons. The van der Waals surface area contributed by atoms with Gasteiger partial charge in [-0.1, -0.05) is 27.7 Å². The highest BCUT2D eigenvalue weighted by Crippen LogP contribution is 2.47. The van der Waals surface area contributed by atoms with E-state index in [1.54, 1.807) is 44.5 Å². The molecular weight excluding hydrogens is 538 g/mol. The van der Waals surface area contributed by atoms with Crippen molar-refractivity contribution < 1.29 is 32.9 Å². The zero-order valence-corrected chi connectivity index (χ0v) is 24.4. The summed E-state index contributed by atoms with van der Waals surface area (Å²) in [5.74, 6) is -3.74. The third kappa shape index (κ3) is 5.92. The van der Waals surface area contributed by atoms with E-state index in [0.717, 1.165) is 13.1 Å². The number of rotatable bonds is 8. The molecule has 2 aromatic rings. The predicted octanol–water partition coefficient (Wildman–Crippen LogP) is 2.64. The third-order valence-electron chi connectivity index (χ3n) is 8.69. The van der Waals surface area contributed by atoms with E-state index in [9.17, 15) is 18.7 Å². The largest absolute Gasteiger partial charge is 0.456 e. The highest BCUT2D eigenvalue weighted by molar-refractivity contribution is 5.86. The van der Waals surface area contributed by atoms with Gasteiger partial charge in [-0.3, -0.25) is 9.69 Å². The van der Waals surface area contributed by atoms with E-state index >= 15 is 0 Å². The van der Waals surface area contributed by atoms with Crippen LogP contribution in [0.25, 0.3) is 11.0 Å². The number of anilines is 1. The van der Waals surface area contributed by atoms with Crippen molar-refractivity contribution in [3.63, 3.8) is 0 Å². The Hall–Kier alpha value is -2.45. The van der Waals surface area contributed by atoms with Crippen molar-refractivity contribution in [3.05, 3.63) is 18.6 Å². The number of fused-ring (bicyclic) bond motifs is 1. The van der Waals surface area contributed by atoms with Crippen LogP contribution in [0.2, 0.25) is 0 Å². The molecule has 11 nitrogen and oxygen atoms in total. The van der Waals surface area contributed by atoms with E-state index < -0.39 is 60.7 Å². The average Bonchev–Trinajstić information content (AvgIpc) is 3.54. The van der Waals surface area contributed by atoms with Crippen LogP contribution in [-0.4, -0.2) is 105 Å². The lowest BCUT2D eigenvalue weighted by Gasteiger charge is -2.44. The molecule has 3 aliphatic rings. The van der Waals surface area contributed by atoms with Gasteiger partial charge in [0.15, 0.2) is 18.6 Å². The van der Waals surface area contributed by atoms with E-state index in [4.69, 9.17) is 19.9 Å². The van der Waals surface area contributed by atoms with Gasteiger partial charge < -0.3 is 34.5 Å². The highest BCUT2D eigenvalue weighted by Gasteiger charge is 2.58. The molecule has 3 fully saturated rings. The number of piperidine rings is 1. The van der Waals surface area contributed by atoms with Crippen molar-refractivity contribution in [3.8, 4) is 0 Å². The van der Waals surface area contributed by atoms with E-state index in [2.05, 4.69) is 14.9 Å². The maximum Gasteiger partial charge on any atom is 0.308 e. The Bertz CT molecular complexity index is 1230. The van der Waals surface area contributed by atoms with Gasteiger partial charge in [-0.05, 0) is 39.0 Å². The second-order valence-corrected chi connectivity index (χ2v) is 12.5. The van der Waals surface area contributed by atoms with Crippen molar-refractivity contribution in [1.29, 1.82) is 0 Å². The van der Waals surface area contributed by atoms with Crippen LogP contribution >= 0.6 is 0 Å². The maximum absolute atomic E-state index is 15.0. The zero-order chi connectivity index (χ0) is 29.7. The number of ether oxygens (including phenoxy) is 3. The molecule has 2 aromatic heterocycles. The fourth-order valence-electron chi connectivity index (χ4n) is 6.25. The maximum atomic E-state index is 15.0. The molecule has 0 aliphatic carbocycles. The van der Waals surface area contributed by atoms with Crippen LogP contribution in [0.15, 0.2) is 18.6 Å². The van der Waals surface area contributed by atoms with Gasteiger partial charge in [0.2, 0.25) is 0 Å². The van der Waals surface area contributed by atoms with Crippen LogP contribution < -0.4 is 5.73 Å². The SMILES string of the molecule is CC(C)C(=O)O[C@H]1[C@@H](OC(O)C(C)C)[C@H](n2ccc3c(N)ncnc32)O[C@@H]1CN1CC(F)(F)CC12CCN(C)CC2. The van der Waals surface area contributed by atoms with Crippen molar-refractivity contribution in [2.24, 2.45) is 11.8 Å². The van der Waals surface area contributed by atoms with Crippen LogP contribution in [0.3, 0.4) is 0 Å². The molecule has 0 aromatic carbocycles. The van der Waals surface area contributed by atoms with Gasteiger partial charge in [-0.25, -0.2) is 18.7 Å². The van der Waals surface area contributed by atoms with Crippen molar-refractivity contribution >= 4 is 22.8 Å². The average molecular weight is 581 g/mol. The van der Waals surface area contributed by atoms with E-state index in [1.165, 1.54) is 6.33 Å². The number of aliphatic hydroxyl groups excluding tert-OH is 1. The number of nitrogens with two attached hydrogens (primary N) is 1. The number of halogens is 2. The lowest BCUT2D eigenvalue weighted by atomic mass is 9.84.